The molecule has 0 radical (unpaired) electrons. The number of nitrogens with one attached hydrogen (secondary N) is 2. The highest BCUT2D eigenvalue weighted by Gasteiger charge is 2.23. The van der Waals surface area contributed by atoms with Crippen LogP contribution in [0.15, 0.2) is 71.1 Å². The predicted octanol–water partition coefficient (Wildman–Crippen LogP) is 4.83. The second kappa shape index (κ2) is 9.73. The number of aromatic nitrogens is 1. The summed E-state index contributed by atoms with van der Waals surface area (Å²) in [4.78, 5) is 29.2. The van der Waals surface area contributed by atoms with E-state index < -0.39 is 0 Å². The van der Waals surface area contributed by atoms with Crippen molar-refractivity contribution in [2.45, 2.75) is 23.2 Å². The number of thiazole rings is 1. The third-order valence-electron chi connectivity index (χ3n) is 4.39. The minimum absolute atomic E-state index is 0.0235. The van der Waals surface area contributed by atoms with Crippen molar-refractivity contribution in [1.82, 2.24) is 10.3 Å². The lowest BCUT2D eigenvalue weighted by molar-refractivity contribution is -0.118. The lowest BCUT2D eigenvalue weighted by atomic mass is 10.1. The van der Waals surface area contributed by atoms with Gasteiger partial charge in [0.05, 0.1) is 5.75 Å². The van der Waals surface area contributed by atoms with Gasteiger partial charge in [-0.3, -0.25) is 9.59 Å². The van der Waals surface area contributed by atoms with E-state index in [0.29, 0.717) is 22.5 Å². The molecule has 1 heterocycles. The Morgan fingerprint density at radius 1 is 1.07 bits per heavy atom. The number of thioether (sulfide) groups is 1. The maximum Gasteiger partial charge on any atom is 0.249 e. The van der Waals surface area contributed by atoms with Crippen LogP contribution in [0.5, 0.6) is 0 Å². The molecule has 3 aromatic rings. The quantitative estimate of drug-likeness (QED) is 0.393. The Morgan fingerprint density at radius 2 is 1.77 bits per heavy atom. The van der Waals surface area contributed by atoms with Crippen molar-refractivity contribution < 1.29 is 9.59 Å². The van der Waals surface area contributed by atoms with E-state index in [1.54, 1.807) is 6.08 Å². The van der Waals surface area contributed by atoms with E-state index in [1.165, 1.54) is 29.2 Å². The first-order valence-corrected chi connectivity index (χ1v) is 11.5. The second-order valence-electron chi connectivity index (χ2n) is 6.89. The zero-order chi connectivity index (χ0) is 20.8. The number of carbonyl (C=O) groups is 2. The molecule has 1 saturated carbocycles. The molecule has 1 aliphatic rings. The fourth-order valence-corrected chi connectivity index (χ4v) is 4.63. The van der Waals surface area contributed by atoms with Crippen LogP contribution in [-0.2, 0) is 9.59 Å². The van der Waals surface area contributed by atoms with Crippen molar-refractivity contribution >= 4 is 46.0 Å². The van der Waals surface area contributed by atoms with Crippen molar-refractivity contribution in [3.05, 3.63) is 72.3 Å². The minimum atomic E-state index is -0.220. The fourth-order valence-electron chi connectivity index (χ4n) is 2.75. The van der Waals surface area contributed by atoms with Crippen molar-refractivity contribution in [2.75, 3.05) is 11.1 Å². The van der Waals surface area contributed by atoms with Gasteiger partial charge in [-0.15, -0.1) is 0 Å². The zero-order valence-electron chi connectivity index (χ0n) is 16.2. The molecule has 30 heavy (non-hydrogen) atoms. The second-order valence-corrected chi connectivity index (χ2v) is 9.11. The van der Waals surface area contributed by atoms with Crippen LogP contribution >= 0.6 is 23.1 Å². The van der Waals surface area contributed by atoms with Crippen LogP contribution in [0.25, 0.3) is 17.3 Å². The molecular formula is C23H21N3O2S2. The normalized spacial score (nSPS) is 13.3. The molecule has 0 aliphatic heterocycles. The molecule has 2 amide bonds. The lowest BCUT2D eigenvalue weighted by Gasteiger charge is -2.02. The molecule has 4 rings (SSSR count). The van der Waals surface area contributed by atoms with E-state index >= 15 is 0 Å². The topological polar surface area (TPSA) is 71.1 Å². The van der Waals surface area contributed by atoms with Gasteiger partial charge in [0.1, 0.15) is 10.7 Å². The Balaban J connectivity index is 1.48. The number of anilines is 1. The van der Waals surface area contributed by atoms with Crippen molar-refractivity contribution in [2.24, 2.45) is 0 Å². The van der Waals surface area contributed by atoms with E-state index in [-0.39, 0.29) is 11.8 Å². The third-order valence-corrected chi connectivity index (χ3v) is 6.50. The Labute approximate surface area is 183 Å². The SMILES string of the molecule is O=C(/C=C\c1ccccc1)Nc1sc(SCC(=O)NC2CC2)nc1-c1ccccc1. The smallest absolute Gasteiger partial charge is 0.249 e. The highest BCUT2D eigenvalue weighted by atomic mass is 32.2. The molecule has 5 nitrogen and oxygen atoms in total. The number of benzene rings is 2. The molecule has 7 heteroatoms. The van der Waals surface area contributed by atoms with E-state index in [2.05, 4.69) is 15.6 Å². The van der Waals surface area contributed by atoms with Gasteiger partial charge < -0.3 is 10.6 Å². The van der Waals surface area contributed by atoms with Gasteiger partial charge in [-0.25, -0.2) is 4.98 Å². The summed E-state index contributed by atoms with van der Waals surface area (Å²) < 4.78 is 0.752. The third kappa shape index (κ3) is 5.81. The molecular weight excluding hydrogens is 414 g/mol. The molecule has 0 spiro atoms. The predicted molar refractivity (Wildman–Crippen MR) is 124 cm³/mol. The maximum atomic E-state index is 12.5. The van der Waals surface area contributed by atoms with Crippen LogP contribution in [0, 0.1) is 0 Å². The standard InChI is InChI=1S/C23H21N3O2S2/c27-19(14-11-16-7-3-1-4-8-16)25-22-21(17-9-5-2-6-10-17)26-23(30-22)29-15-20(28)24-18-12-13-18/h1-11,14,18H,12-13,15H2,(H,24,28)(H,25,27)/b14-11-. The zero-order valence-corrected chi connectivity index (χ0v) is 17.8. The highest BCUT2D eigenvalue weighted by molar-refractivity contribution is 8.01. The van der Waals surface area contributed by atoms with Crippen LogP contribution < -0.4 is 10.6 Å². The summed E-state index contributed by atoms with van der Waals surface area (Å²) in [5, 5.41) is 6.60. The maximum absolute atomic E-state index is 12.5. The number of rotatable bonds is 8. The molecule has 1 aliphatic carbocycles. The fraction of sp³-hybridized carbons (Fsp3) is 0.174. The van der Waals surface area contributed by atoms with Crippen LogP contribution in [0.4, 0.5) is 5.00 Å². The van der Waals surface area contributed by atoms with Gasteiger partial charge in [-0.1, -0.05) is 83.8 Å². The molecule has 0 saturated heterocycles. The molecule has 1 aromatic heterocycles. The summed E-state index contributed by atoms with van der Waals surface area (Å²) in [7, 11) is 0. The minimum Gasteiger partial charge on any atom is -0.353 e. The van der Waals surface area contributed by atoms with Crippen LogP contribution in [0.2, 0.25) is 0 Å². The number of carbonyl (C=O) groups excluding carboxylic acids is 2. The van der Waals surface area contributed by atoms with Crippen molar-refractivity contribution in [3.63, 3.8) is 0 Å². The lowest BCUT2D eigenvalue weighted by Crippen LogP contribution is -2.26. The van der Waals surface area contributed by atoms with Crippen LogP contribution in [-0.4, -0.2) is 28.6 Å². The van der Waals surface area contributed by atoms with E-state index in [1.807, 2.05) is 60.7 Å². The van der Waals surface area contributed by atoms with E-state index in [0.717, 1.165) is 28.3 Å². The summed E-state index contributed by atoms with van der Waals surface area (Å²) >= 11 is 2.78. The number of nitrogens with zero attached hydrogens (tertiary/aromatic N) is 1. The Hall–Kier alpha value is -2.90. The van der Waals surface area contributed by atoms with Gasteiger partial charge in [-0.2, -0.15) is 0 Å². The summed E-state index contributed by atoms with van der Waals surface area (Å²) in [5.41, 5.74) is 2.59. The van der Waals surface area contributed by atoms with Crippen molar-refractivity contribution in [3.8, 4) is 11.3 Å². The summed E-state index contributed by atoms with van der Waals surface area (Å²) in [6.07, 6.45) is 5.42. The number of hydrogen-bond acceptors (Lipinski definition) is 5. The van der Waals surface area contributed by atoms with E-state index in [9.17, 15) is 9.59 Å². The van der Waals surface area contributed by atoms with Crippen LogP contribution in [0.3, 0.4) is 0 Å². The van der Waals surface area contributed by atoms with Crippen LogP contribution in [0.1, 0.15) is 18.4 Å². The Kier molecular flexibility index (Phi) is 6.61. The van der Waals surface area contributed by atoms with E-state index in [4.69, 9.17) is 0 Å². The van der Waals surface area contributed by atoms with Gasteiger partial charge in [0.15, 0.2) is 4.34 Å². The Morgan fingerprint density at radius 3 is 2.47 bits per heavy atom. The van der Waals surface area contributed by atoms with Crippen molar-refractivity contribution in [1.29, 1.82) is 0 Å². The van der Waals surface area contributed by atoms with Gasteiger partial charge in [0.25, 0.3) is 0 Å². The first-order chi connectivity index (χ1) is 14.7. The average Bonchev–Trinajstić information content (AvgIpc) is 3.50. The molecule has 1 fully saturated rings. The first kappa shape index (κ1) is 20.4. The molecule has 0 unspecified atom stereocenters. The van der Waals surface area contributed by atoms with Gasteiger partial charge >= 0.3 is 0 Å². The average molecular weight is 436 g/mol. The first-order valence-electron chi connectivity index (χ1n) is 9.70. The summed E-state index contributed by atoms with van der Waals surface area (Å²) in [6, 6.07) is 19.7. The molecule has 2 N–H and O–H groups in total. The van der Waals surface area contributed by atoms with Gasteiger partial charge in [0, 0.05) is 17.7 Å². The number of hydrogen-bond donors (Lipinski definition) is 2. The Bertz CT molecular complexity index is 1040. The number of amides is 2. The summed E-state index contributed by atoms with van der Waals surface area (Å²) in [6.45, 7) is 0. The van der Waals surface area contributed by atoms with Gasteiger partial charge in [-0.05, 0) is 24.5 Å². The largest absolute Gasteiger partial charge is 0.353 e. The molecule has 2 aromatic carbocycles. The summed E-state index contributed by atoms with van der Waals surface area (Å²) in [5.74, 6) is 0.123. The molecule has 0 atom stereocenters. The highest BCUT2D eigenvalue weighted by Crippen LogP contribution is 2.37. The molecule has 0 bridgehead atoms. The van der Waals surface area contributed by atoms with Gasteiger partial charge in [0.2, 0.25) is 11.8 Å². The monoisotopic (exact) mass is 435 g/mol. The molecule has 152 valence electrons.